The van der Waals surface area contributed by atoms with Crippen molar-refractivity contribution in [3.8, 4) is 0 Å². The number of aliphatic hydroxyl groups is 1. The quantitative estimate of drug-likeness (QED) is 0.845. The van der Waals surface area contributed by atoms with Gasteiger partial charge in [0.05, 0.1) is 11.6 Å². The fraction of sp³-hybridized carbons (Fsp3) is 0.533. The van der Waals surface area contributed by atoms with E-state index in [1.165, 1.54) is 0 Å². The Labute approximate surface area is 112 Å². The maximum Gasteiger partial charge on any atom is 0.311 e. The summed E-state index contributed by atoms with van der Waals surface area (Å²) in [6.07, 6.45) is 1.54. The molecule has 3 rings (SSSR count). The fourth-order valence-corrected chi connectivity index (χ4v) is 4.09. The van der Waals surface area contributed by atoms with E-state index < -0.39 is 23.5 Å². The average Bonchev–Trinajstić information content (AvgIpc) is 2.61. The van der Waals surface area contributed by atoms with Gasteiger partial charge in [0.2, 0.25) is 0 Å². The van der Waals surface area contributed by atoms with Crippen LogP contribution in [0.2, 0.25) is 0 Å². The minimum atomic E-state index is -0.899. The SMILES string of the molecule is CN1[C@H]2CC[C@]1(c1ccccc1)[C@@H](C(=O)O)[C@@H](O)C2. The highest BCUT2D eigenvalue weighted by atomic mass is 16.4. The molecular formula is C15H19NO3. The molecule has 0 aliphatic carbocycles. The zero-order valence-corrected chi connectivity index (χ0v) is 11.0. The second kappa shape index (κ2) is 4.32. The number of fused-ring (bicyclic) bond motifs is 2. The fourth-order valence-electron chi connectivity index (χ4n) is 4.09. The Balaban J connectivity index is 2.15. The maximum absolute atomic E-state index is 11.7. The van der Waals surface area contributed by atoms with Crippen molar-refractivity contribution in [1.29, 1.82) is 0 Å². The van der Waals surface area contributed by atoms with Crippen molar-refractivity contribution in [3.05, 3.63) is 35.9 Å². The summed E-state index contributed by atoms with van der Waals surface area (Å²) in [5.41, 5.74) is 0.446. The van der Waals surface area contributed by atoms with Crippen LogP contribution in [0.1, 0.15) is 24.8 Å². The molecule has 0 radical (unpaired) electrons. The van der Waals surface area contributed by atoms with Gasteiger partial charge in [-0.15, -0.1) is 0 Å². The van der Waals surface area contributed by atoms with Crippen molar-refractivity contribution in [2.75, 3.05) is 7.05 Å². The standard InChI is InChI=1S/C15H19NO3/c1-16-11-7-8-15(16,10-5-3-2-4-6-10)13(14(18)19)12(17)9-11/h2-6,11-13,17H,7-9H2,1H3,(H,18,19)/t11-,12-,13+,15-/m0/s1. The second-order valence-electron chi connectivity index (χ2n) is 5.71. The van der Waals surface area contributed by atoms with E-state index in [1.54, 1.807) is 0 Å². The number of hydrogen-bond acceptors (Lipinski definition) is 3. The molecule has 1 aromatic rings. The van der Waals surface area contributed by atoms with E-state index in [-0.39, 0.29) is 6.04 Å². The van der Waals surface area contributed by atoms with Crippen molar-refractivity contribution in [3.63, 3.8) is 0 Å². The van der Waals surface area contributed by atoms with Gasteiger partial charge in [-0.1, -0.05) is 30.3 Å². The van der Waals surface area contributed by atoms with Crippen LogP contribution in [0.5, 0.6) is 0 Å². The second-order valence-corrected chi connectivity index (χ2v) is 5.71. The largest absolute Gasteiger partial charge is 0.481 e. The van der Waals surface area contributed by atoms with E-state index in [1.807, 2.05) is 37.4 Å². The van der Waals surface area contributed by atoms with Crippen LogP contribution in [-0.2, 0) is 10.3 Å². The van der Waals surface area contributed by atoms with Gasteiger partial charge in [0.15, 0.2) is 0 Å². The van der Waals surface area contributed by atoms with Gasteiger partial charge >= 0.3 is 5.97 Å². The summed E-state index contributed by atoms with van der Waals surface area (Å²) < 4.78 is 0. The number of nitrogens with zero attached hydrogens (tertiary/aromatic N) is 1. The van der Waals surface area contributed by atoms with Crippen LogP contribution in [0.4, 0.5) is 0 Å². The number of aliphatic hydroxyl groups excluding tert-OH is 1. The summed E-state index contributed by atoms with van der Waals surface area (Å²) in [5, 5.41) is 19.8. The van der Waals surface area contributed by atoms with Gasteiger partial charge in [-0.3, -0.25) is 9.69 Å². The van der Waals surface area contributed by atoms with Gasteiger partial charge in [0, 0.05) is 6.04 Å². The summed E-state index contributed by atoms with van der Waals surface area (Å²) in [4.78, 5) is 13.9. The Kier molecular flexibility index (Phi) is 2.87. The van der Waals surface area contributed by atoms with E-state index >= 15 is 0 Å². The maximum atomic E-state index is 11.7. The minimum Gasteiger partial charge on any atom is -0.481 e. The van der Waals surface area contributed by atoms with Crippen LogP contribution >= 0.6 is 0 Å². The predicted octanol–water partition coefficient (Wildman–Crippen LogP) is 1.44. The van der Waals surface area contributed by atoms with Crippen LogP contribution in [0.15, 0.2) is 30.3 Å². The highest BCUT2D eigenvalue weighted by Gasteiger charge is 2.59. The van der Waals surface area contributed by atoms with E-state index in [0.29, 0.717) is 6.42 Å². The lowest BCUT2D eigenvalue weighted by Gasteiger charge is -2.49. The summed E-state index contributed by atoms with van der Waals surface area (Å²) in [6.45, 7) is 0. The first kappa shape index (κ1) is 12.6. The number of aliphatic carboxylic acids is 1. The van der Waals surface area contributed by atoms with Gasteiger partial charge in [-0.2, -0.15) is 0 Å². The summed E-state index contributed by atoms with van der Waals surface area (Å²) in [6, 6.07) is 10.0. The molecule has 2 aliphatic rings. The number of hydrogen-bond donors (Lipinski definition) is 2. The zero-order valence-electron chi connectivity index (χ0n) is 11.0. The van der Waals surface area contributed by atoms with E-state index in [4.69, 9.17) is 0 Å². The smallest absolute Gasteiger partial charge is 0.311 e. The number of piperidine rings is 1. The molecule has 19 heavy (non-hydrogen) atoms. The monoisotopic (exact) mass is 261 g/mol. The van der Waals surface area contributed by atoms with Crippen LogP contribution in [0.25, 0.3) is 0 Å². The van der Waals surface area contributed by atoms with Crippen molar-refractivity contribution in [2.45, 2.75) is 36.9 Å². The molecule has 2 fully saturated rings. The molecule has 0 aromatic heterocycles. The molecule has 0 unspecified atom stereocenters. The zero-order chi connectivity index (χ0) is 13.6. The third-order valence-corrected chi connectivity index (χ3v) is 4.99. The highest BCUT2D eigenvalue weighted by molar-refractivity contribution is 5.73. The summed E-state index contributed by atoms with van der Waals surface area (Å²) in [5.74, 6) is -1.65. The lowest BCUT2D eigenvalue weighted by Crippen LogP contribution is -2.59. The number of carbonyl (C=O) groups is 1. The van der Waals surface area contributed by atoms with Gasteiger partial charge in [-0.05, 0) is 31.9 Å². The lowest BCUT2D eigenvalue weighted by atomic mass is 9.71. The van der Waals surface area contributed by atoms with E-state index in [9.17, 15) is 15.0 Å². The molecule has 0 saturated carbocycles. The third-order valence-electron chi connectivity index (χ3n) is 4.99. The first-order valence-electron chi connectivity index (χ1n) is 6.76. The molecular weight excluding hydrogens is 242 g/mol. The molecule has 0 amide bonds. The van der Waals surface area contributed by atoms with Crippen molar-refractivity contribution < 1.29 is 15.0 Å². The molecule has 4 nitrogen and oxygen atoms in total. The van der Waals surface area contributed by atoms with Gasteiger partial charge in [-0.25, -0.2) is 0 Å². The Morgan fingerprint density at radius 3 is 2.68 bits per heavy atom. The number of benzene rings is 1. The molecule has 2 bridgehead atoms. The first-order valence-corrected chi connectivity index (χ1v) is 6.76. The van der Waals surface area contributed by atoms with Crippen molar-refractivity contribution >= 4 is 5.97 Å². The predicted molar refractivity (Wildman–Crippen MR) is 70.7 cm³/mol. The van der Waals surface area contributed by atoms with Gasteiger partial charge < -0.3 is 10.2 Å². The number of rotatable bonds is 2. The molecule has 2 N–H and O–H groups in total. The Hall–Kier alpha value is -1.39. The number of carboxylic acids is 1. The summed E-state index contributed by atoms with van der Waals surface area (Å²) in [7, 11) is 1.99. The lowest BCUT2D eigenvalue weighted by molar-refractivity contribution is -0.160. The van der Waals surface area contributed by atoms with E-state index in [0.717, 1.165) is 18.4 Å². The summed E-state index contributed by atoms with van der Waals surface area (Å²) >= 11 is 0. The molecule has 2 aliphatic heterocycles. The molecule has 2 saturated heterocycles. The minimum absolute atomic E-state index is 0.283. The normalized spacial score (nSPS) is 38.3. The Morgan fingerprint density at radius 1 is 1.37 bits per heavy atom. The van der Waals surface area contributed by atoms with Crippen LogP contribution in [0, 0.1) is 5.92 Å². The van der Waals surface area contributed by atoms with Crippen molar-refractivity contribution in [2.24, 2.45) is 5.92 Å². The topological polar surface area (TPSA) is 60.8 Å². The molecule has 4 heteroatoms. The Bertz CT molecular complexity index is 489. The molecule has 4 atom stereocenters. The molecule has 0 spiro atoms. The first-order chi connectivity index (χ1) is 9.07. The van der Waals surface area contributed by atoms with Crippen molar-refractivity contribution in [1.82, 2.24) is 4.90 Å². The molecule has 102 valence electrons. The average molecular weight is 261 g/mol. The Morgan fingerprint density at radius 2 is 2.05 bits per heavy atom. The van der Waals surface area contributed by atoms with E-state index in [2.05, 4.69) is 4.90 Å². The highest BCUT2D eigenvalue weighted by Crippen LogP contribution is 2.52. The molecule has 1 aromatic carbocycles. The van der Waals surface area contributed by atoms with Crippen LogP contribution < -0.4 is 0 Å². The third kappa shape index (κ3) is 1.63. The number of carboxylic acid groups (broad SMARTS) is 1. The molecule has 2 heterocycles. The van der Waals surface area contributed by atoms with Gasteiger partial charge in [0.25, 0.3) is 0 Å². The van der Waals surface area contributed by atoms with Gasteiger partial charge in [0.1, 0.15) is 5.92 Å². The van der Waals surface area contributed by atoms with Crippen LogP contribution in [-0.4, -0.2) is 40.3 Å². The van der Waals surface area contributed by atoms with Crippen LogP contribution in [0.3, 0.4) is 0 Å².